The van der Waals surface area contributed by atoms with Gasteiger partial charge in [-0.15, -0.1) is 0 Å². The van der Waals surface area contributed by atoms with Gasteiger partial charge in [0, 0.05) is 50.7 Å². The minimum atomic E-state index is -2.68. The number of ether oxygens (including phenoxy) is 1. The lowest BCUT2D eigenvalue weighted by Gasteiger charge is -2.44. The molecule has 0 saturated carbocycles. The zero-order valence-electron chi connectivity index (χ0n) is 14.9. The molecule has 0 radical (unpaired) electrons. The summed E-state index contributed by atoms with van der Waals surface area (Å²) in [7, 11) is 5.20. The molecule has 2 fully saturated rings. The molecular weight excluding hydrogens is 328 g/mol. The van der Waals surface area contributed by atoms with E-state index in [1.165, 1.54) is 4.90 Å². The highest BCUT2D eigenvalue weighted by Crippen LogP contribution is 2.35. The van der Waals surface area contributed by atoms with Crippen LogP contribution in [0, 0.1) is 0 Å². The van der Waals surface area contributed by atoms with Gasteiger partial charge < -0.3 is 14.5 Å². The molecule has 138 valence electrons. The van der Waals surface area contributed by atoms with E-state index >= 15 is 0 Å². The number of hydrogen-bond donors (Lipinski definition) is 0. The SMILES string of the molecule is COc1cccc(C(=O)N(C)C[C@@H]2CC(F)(F)CN2C2CN(C)C2)c1. The summed E-state index contributed by atoms with van der Waals surface area (Å²) in [5.41, 5.74) is 0.501. The number of nitrogens with zero attached hydrogens (tertiary/aromatic N) is 3. The number of halogens is 2. The third-order valence-electron chi connectivity index (χ3n) is 5.08. The lowest BCUT2D eigenvalue weighted by molar-refractivity contribution is -0.00983. The van der Waals surface area contributed by atoms with Crippen molar-refractivity contribution in [2.45, 2.75) is 24.4 Å². The average Bonchev–Trinajstić information content (AvgIpc) is 2.85. The zero-order chi connectivity index (χ0) is 18.2. The van der Waals surface area contributed by atoms with E-state index in [4.69, 9.17) is 4.74 Å². The molecular formula is C18H25F2N3O2. The van der Waals surface area contributed by atoms with Gasteiger partial charge in [-0.05, 0) is 25.2 Å². The zero-order valence-corrected chi connectivity index (χ0v) is 14.9. The minimum absolute atomic E-state index is 0.156. The number of carbonyl (C=O) groups excluding carboxylic acids is 1. The van der Waals surface area contributed by atoms with Gasteiger partial charge >= 0.3 is 0 Å². The molecule has 0 aromatic heterocycles. The topological polar surface area (TPSA) is 36.0 Å². The standard InChI is InChI=1S/C18H25F2N3O2/c1-21-9-15(10-21)23-12-18(19,20)8-14(23)11-22(2)17(24)13-5-4-6-16(7-13)25-3/h4-7,14-15H,8-12H2,1-3H3/t14-/m0/s1. The maximum atomic E-state index is 14.0. The molecule has 0 spiro atoms. The number of likely N-dealkylation sites (tertiary alicyclic amines) is 2. The smallest absolute Gasteiger partial charge is 0.262 e. The Bertz CT molecular complexity index is 635. The number of carbonyl (C=O) groups is 1. The normalized spacial score (nSPS) is 24.1. The number of benzene rings is 1. The van der Waals surface area contributed by atoms with Crippen LogP contribution in [0.4, 0.5) is 8.78 Å². The molecule has 1 aromatic carbocycles. The Morgan fingerprint density at radius 1 is 1.40 bits per heavy atom. The molecule has 2 aliphatic rings. The summed E-state index contributed by atoms with van der Waals surface area (Å²) in [6, 6.07) is 6.74. The molecule has 25 heavy (non-hydrogen) atoms. The van der Waals surface area contributed by atoms with Crippen LogP contribution < -0.4 is 4.74 Å². The van der Waals surface area contributed by atoms with E-state index in [2.05, 4.69) is 4.90 Å². The Morgan fingerprint density at radius 3 is 2.76 bits per heavy atom. The van der Waals surface area contributed by atoms with Gasteiger partial charge in [-0.3, -0.25) is 9.69 Å². The van der Waals surface area contributed by atoms with E-state index < -0.39 is 5.92 Å². The highest BCUT2D eigenvalue weighted by atomic mass is 19.3. The van der Waals surface area contributed by atoms with Crippen LogP contribution in [-0.4, -0.2) is 86.0 Å². The summed E-state index contributed by atoms with van der Waals surface area (Å²) in [5.74, 6) is -2.26. The summed E-state index contributed by atoms with van der Waals surface area (Å²) in [5, 5.41) is 0. The minimum Gasteiger partial charge on any atom is -0.497 e. The Morgan fingerprint density at radius 2 is 2.12 bits per heavy atom. The van der Waals surface area contributed by atoms with Crippen molar-refractivity contribution >= 4 is 5.91 Å². The molecule has 2 heterocycles. The average molecular weight is 353 g/mol. The quantitative estimate of drug-likeness (QED) is 0.809. The Hall–Kier alpha value is -1.73. The molecule has 2 aliphatic heterocycles. The van der Waals surface area contributed by atoms with Gasteiger partial charge in [-0.25, -0.2) is 8.78 Å². The van der Waals surface area contributed by atoms with E-state index in [9.17, 15) is 13.6 Å². The van der Waals surface area contributed by atoms with Crippen molar-refractivity contribution < 1.29 is 18.3 Å². The molecule has 1 aromatic rings. The van der Waals surface area contributed by atoms with E-state index in [0.717, 1.165) is 13.1 Å². The van der Waals surface area contributed by atoms with Crippen molar-refractivity contribution in [1.82, 2.24) is 14.7 Å². The first-order valence-corrected chi connectivity index (χ1v) is 8.51. The van der Waals surface area contributed by atoms with E-state index in [-0.39, 0.29) is 31.0 Å². The predicted octanol–water partition coefficient (Wildman–Crippen LogP) is 1.79. The second-order valence-corrected chi connectivity index (χ2v) is 7.18. The Balaban J connectivity index is 1.67. The van der Waals surface area contributed by atoms with E-state index in [1.54, 1.807) is 38.4 Å². The maximum Gasteiger partial charge on any atom is 0.262 e. The van der Waals surface area contributed by atoms with Crippen molar-refractivity contribution in [1.29, 1.82) is 0 Å². The lowest BCUT2D eigenvalue weighted by atomic mass is 10.1. The van der Waals surface area contributed by atoms with Crippen molar-refractivity contribution in [3.8, 4) is 5.75 Å². The van der Waals surface area contributed by atoms with Crippen LogP contribution in [0.25, 0.3) is 0 Å². The van der Waals surface area contributed by atoms with Crippen molar-refractivity contribution in [3.63, 3.8) is 0 Å². The number of rotatable bonds is 5. The van der Waals surface area contributed by atoms with Crippen molar-refractivity contribution in [3.05, 3.63) is 29.8 Å². The van der Waals surface area contributed by atoms with Crippen molar-refractivity contribution in [2.24, 2.45) is 0 Å². The summed E-state index contributed by atoms with van der Waals surface area (Å²) in [4.78, 5) is 18.2. The molecule has 2 saturated heterocycles. The Kier molecular flexibility index (Phi) is 4.97. The van der Waals surface area contributed by atoms with Gasteiger partial charge in [0.25, 0.3) is 11.8 Å². The Labute approximate surface area is 147 Å². The van der Waals surface area contributed by atoms with Gasteiger partial charge in [0.05, 0.1) is 13.7 Å². The van der Waals surface area contributed by atoms with Crippen LogP contribution in [0.2, 0.25) is 0 Å². The molecule has 0 N–H and O–H groups in total. The first-order chi connectivity index (χ1) is 11.8. The molecule has 0 aliphatic carbocycles. The van der Waals surface area contributed by atoms with Gasteiger partial charge in [0.1, 0.15) is 5.75 Å². The molecule has 7 heteroatoms. The van der Waals surface area contributed by atoms with E-state index in [1.807, 2.05) is 11.9 Å². The largest absolute Gasteiger partial charge is 0.497 e. The molecule has 0 unspecified atom stereocenters. The fraction of sp³-hybridized carbons (Fsp3) is 0.611. The van der Waals surface area contributed by atoms with Crippen molar-refractivity contribution in [2.75, 3.05) is 47.4 Å². The van der Waals surface area contributed by atoms with E-state index in [0.29, 0.717) is 17.9 Å². The lowest BCUT2D eigenvalue weighted by Crippen LogP contribution is -2.60. The van der Waals surface area contributed by atoms with Gasteiger partial charge in [-0.1, -0.05) is 6.07 Å². The van der Waals surface area contributed by atoms with Crippen LogP contribution in [0.1, 0.15) is 16.8 Å². The molecule has 0 bridgehead atoms. The second-order valence-electron chi connectivity index (χ2n) is 7.18. The third-order valence-corrected chi connectivity index (χ3v) is 5.08. The predicted molar refractivity (Wildman–Crippen MR) is 91.3 cm³/mol. The number of amides is 1. The molecule has 1 atom stereocenters. The van der Waals surface area contributed by atoms with Gasteiger partial charge in [-0.2, -0.15) is 0 Å². The number of alkyl halides is 2. The number of likely N-dealkylation sites (N-methyl/N-ethyl adjacent to an activating group) is 2. The highest BCUT2D eigenvalue weighted by molar-refractivity contribution is 5.94. The third kappa shape index (κ3) is 3.93. The van der Waals surface area contributed by atoms with Gasteiger partial charge in [0.2, 0.25) is 0 Å². The summed E-state index contributed by atoms with van der Waals surface area (Å²) < 4.78 is 33.1. The molecule has 5 nitrogen and oxygen atoms in total. The van der Waals surface area contributed by atoms with Crippen LogP contribution in [0.5, 0.6) is 5.75 Å². The highest BCUT2D eigenvalue weighted by Gasteiger charge is 2.49. The van der Waals surface area contributed by atoms with Crippen LogP contribution >= 0.6 is 0 Å². The first-order valence-electron chi connectivity index (χ1n) is 8.51. The molecule has 3 rings (SSSR count). The van der Waals surface area contributed by atoms with Crippen LogP contribution in [0.3, 0.4) is 0 Å². The first kappa shape index (κ1) is 18.1. The monoisotopic (exact) mass is 353 g/mol. The van der Waals surface area contributed by atoms with Gasteiger partial charge in [0.15, 0.2) is 0 Å². The summed E-state index contributed by atoms with van der Waals surface area (Å²) >= 11 is 0. The number of methoxy groups -OCH3 is 1. The fourth-order valence-electron chi connectivity index (χ4n) is 3.77. The number of hydrogen-bond acceptors (Lipinski definition) is 4. The second kappa shape index (κ2) is 6.88. The summed E-state index contributed by atoms with van der Waals surface area (Å²) in [6.45, 7) is 1.70. The van der Waals surface area contributed by atoms with Crippen LogP contribution in [0.15, 0.2) is 24.3 Å². The maximum absolute atomic E-state index is 14.0. The summed E-state index contributed by atoms with van der Waals surface area (Å²) in [6.07, 6.45) is -0.192. The molecule has 1 amide bonds. The van der Waals surface area contributed by atoms with Crippen LogP contribution in [-0.2, 0) is 0 Å². The fourth-order valence-corrected chi connectivity index (χ4v) is 3.77.